The van der Waals surface area contributed by atoms with Crippen LogP contribution in [0.1, 0.15) is 69.2 Å². The van der Waals surface area contributed by atoms with Crippen LogP contribution < -0.4 is 4.74 Å². The zero-order valence-electron chi connectivity index (χ0n) is 17.9. The molecular weight excluding hydrogens is 394 g/mol. The van der Waals surface area contributed by atoms with E-state index in [1.807, 2.05) is 0 Å². The van der Waals surface area contributed by atoms with E-state index in [2.05, 4.69) is 6.92 Å². The van der Waals surface area contributed by atoms with Crippen molar-refractivity contribution in [1.29, 1.82) is 0 Å². The molecule has 0 spiro atoms. The summed E-state index contributed by atoms with van der Waals surface area (Å²) >= 11 is 0. The Kier molecular flexibility index (Phi) is 6.44. The lowest BCUT2D eigenvalue weighted by molar-refractivity contribution is -0.141. The Balaban J connectivity index is 1.65. The summed E-state index contributed by atoms with van der Waals surface area (Å²) in [4.78, 5) is 27.5. The second-order valence-corrected chi connectivity index (χ2v) is 8.24. The first-order valence-electron chi connectivity index (χ1n) is 11.2. The van der Waals surface area contributed by atoms with Crippen molar-refractivity contribution in [2.75, 3.05) is 6.61 Å². The molecular formula is C25H29NO5. The third-order valence-electron chi connectivity index (χ3n) is 6.16. The summed E-state index contributed by atoms with van der Waals surface area (Å²) in [5.41, 5.74) is 0.561. The molecule has 164 valence electrons. The zero-order valence-corrected chi connectivity index (χ0v) is 17.9. The largest absolute Gasteiger partial charge is 0.507 e. The first-order valence-corrected chi connectivity index (χ1v) is 11.2. The van der Waals surface area contributed by atoms with Gasteiger partial charge in [0, 0.05) is 11.6 Å². The summed E-state index contributed by atoms with van der Waals surface area (Å²) in [6.07, 6.45) is 8.53. The predicted octanol–water partition coefficient (Wildman–Crippen LogP) is 5.21. The smallest absolute Gasteiger partial charge is 0.296 e. The van der Waals surface area contributed by atoms with Gasteiger partial charge in [0.15, 0.2) is 0 Å². The third-order valence-corrected chi connectivity index (χ3v) is 6.16. The molecule has 4 rings (SSSR count). The van der Waals surface area contributed by atoms with Crippen molar-refractivity contribution in [3.63, 3.8) is 0 Å². The van der Waals surface area contributed by atoms with Gasteiger partial charge in [-0.2, -0.15) is 0 Å². The Bertz CT molecular complexity index is 939. The van der Waals surface area contributed by atoms with Gasteiger partial charge in [0.1, 0.15) is 23.3 Å². The summed E-state index contributed by atoms with van der Waals surface area (Å²) in [6, 6.07) is 9.73. The quantitative estimate of drug-likeness (QED) is 0.273. The second-order valence-electron chi connectivity index (χ2n) is 8.24. The lowest BCUT2D eigenvalue weighted by atomic mass is 9.98. The van der Waals surface area contributed by atoms with Gasteiger partial charge in [-0.05, 0) is 55.7 Å². The standard InChI is InChI=1S/C25H29NO5/c1-2-3-6-15-30-19-13-11-17(12-14-19)23(27)21-22(20-10-7-16-31-20)26(25(29)24(21)28)18-8-4-5-9-18/h7,10-14,16,18,22,27H,2-6,8-9,15H2,1H3/b23-21-. The molecule has 6 nitrogen and oxygen atoms in total. The SMILES string of the molecule is CCCCCOc1ccc(/C(O)=C2/C(=O)C(=O)N(C3CCCC3)C2c2ccco2)cc1. The fourth-order valence-electron chi connectivity index (χ4n) is 4.54. The van der Waals surface area contributed by atoms with Crippen LogP contribution in [-0.4, -0.2) is 34.3 Å². The molecule has 2 fully saturated rings. The highest BCUT2D eigenvalue weighted by molar-refractivity contribution is 6.46. The Morgan fingerprint density at radius 3 is 2.52 bits per heavy atom. The fourth-order valence-corrected chi connectivity index (χ4v) is 4.54. The first-order chi connectivity index (χ1) is 15.1. The normalized spacial score (nSPS) is 21.2. The average Bonchev–Trinajstić information content (AvgIpc) is 3.54. The number of likely N-dealkylation sites (tertiary alicyclic amines) is 1. The number of nitrogens with zero attached hydrogens (tertiary/aromatic N) is 1. The Hall–Kier alpha value is -3.02. The second kappa shape index (κ2) is 9.41. The maximum Gasteiger partial charge on any atom is 0.296 e. The molecule has 1 amide bonds. The van der Waals surface area contributed by atoms with Crippen LogP contribution in [0.2, 0.25) is 0 Å². The summed E-state index contributed by atoms with van der Waals surface area (Å²) in [6.45, 7) is 2.79. The van der Waals surface area contributed by atoms with E-state index in [1.54, 1.807) is 41.3 Å². The Morgan fingerprint density at radius 1 is 1.13 bits per heavy atom. The van der Waals surface area contributed by atoms with Crippen molar-refractivity contribution in [2.24, 2.45) is 0 Å². The molecule has 31 heavy (non-hydrogen) atoms. The Labute approximate surface area is 182 Å². The van der Waals surface area contributed by atoms with Gasteiger partial charge in [0.25, 0.3) is 11.7 Å². The van der Waals surface area contributed by atoms with Crippen molar-refractivity contribution in [3.05, 3.63) is 59.6 Å². The number of furan rings is 1. The molecule has 1 aliphatic heterocycles. The molecule has 1 saturated heterocycles. The molecule has 1 atom stereocenters. The van der Waals surface area contributed by atoms with E-state index in [0.717, 1.165) is 44.9 Å². The van der Waals surface area contributed by atoms with Gasteiger partial charge in [-0.15, -0.1) is 0 Å². The summed E-state index contributed by atoms with van der Waals surface area (Å²) in [5, 5.41) is 11.1. The maximum absolute atomic E-state index is 13.0. The molecule has 1 N–H and O–H groups in total. The van der Waals surface area contributed by atoms with Crippen molar-refractivity contribution in [1.82, 2.24) is 4.90 Å². The fraction of sp³-hybridized carbons (Fsp3) is 0.440. The van der Waals surface area contributed by atoms with Gasteiger partial charge in [-0.25, -0.2) is 0 Å². The number of carbonyl (C=O) groups excluding carboxylic acids is 2. The zero-order chi connectivity index (χ0) is 21.8. The first kappa shape index (κ1) is 21.2. The number of ether oxygens (including phenoxy) is 1. The number of benzene rings is 1. The monoisotopic (exact) mass is 423 g/mol. The van der Waals surface area contributed by atoms with Gasteiger partial charge < -0.3 is 19.2 Å². The highest BCUT2D eigenvalue weighted by Gasteiger charge is 2.50. The van der Waals surface area contributed by atoms with Crippen LogP contribution in [0.25, 0.3) is 5.76 Å². The molecule has 2 aromatic rings. The van der Waals surface area contributed by atoms with Crippen LogP contribution in [0, 0.1) is 0 Å². The minimum atomic E-state index is -0.705. The minimum Gasteiger partial charge on any atom is -0.507 e. The van der Waals surface area contributed by atoms with Gasteiger partial charge in [0.2, 0.25) is 0 Å². The van der Waals surface area contributed by atoms with Crippen LogP contribution in [0.15, 0.2) is 52.7 Å². The van der Waals surface area contributed by atoms with Gasteiger partial charge in [0.05, 0.1) is 18.4 Å². The van der Waals surface area contributed by atoms with Crippen molar-refractivity contribution < 1.29 is 23.8 Å². The van der Waals surface area contributed by atoms with E-state index >= 15 is 0 Å². The number of hydrogen-bond donors (Lipinski definition) is 1. The van der Waals surface area contributed by atoms with Crippen LogP contribution >= 0.6 is 0 Å². The van der Waals surface area contributed by atoms with Crippen LogP contribution in [-0.2, 0) is 9.59 Å². The molecule has 1 aromatic heterocycles. The molecule has 1 unspecified atom stereocenters. The molecule has 2 aliphatic rings. The van der Waals surface area contributed by atoms with Gasteiger partial charge in [-0.1, -0.05) is 32.6 Å². The summed E-state index contributed by atoms with van der Waals surface area (Å²) in [5.74, 6) is -0.209. The van der Waals surface area contributed by atoms with E-state index in [-0.39, 0.29) is 17.4 Å². The van der Waals surface area contributed by atoms with E-state index in [4.69, 9.17) is 9.15 Å². The number of aliphatic hydroxyl groups excluding tert-OH is 1. The number of amides is 1. The van der Waals surface area contributed by atoms with E-state index in [1.165, 1.54) is 6.26 Å². The predicted molar refractivity (Wildman–Crippen MR) is 117 cm³/mol. The van der Waals surface area contributed by atoms with E-state index in [0.29, 0.717) is 23.7 Å². The van der Waals surface area contributed by atoms with Crippen LogP contribution in [0.3, 0.4) is 0 Å². The average molecular weight is 424 g/mol. The molecule has 0 bridgehead atoms. The van der Waals surface area contributed by atoms with Crippen LogP contribution in [0.5, 0.6) is 5.75 Å². The maximum atomic E-state index is 13.0. The number of rotatable bonds is 8. The number of ketones is 1. The minimum absolute atomic E-state index is 0.0178. The number of hydrogen-bond acceptors (Lipinski definition) is 5. The number of aliphatic hydroxyl groups is 1. The molecule has 2 heterocycles. The molecule has 1 saturated carbocycles. The topological polar surface area (TPSA) is 80.0 Å². The Morgan fingerprint density at radius 2 is 1.87 bits per heavy atom. The van der Waals surface area contributed by atoms with Crippen LogP contribution in [0.4, 0.5) is 0 Å². The van der Waals surface area contributed by atoms with Gasteiger partial charge in [-0.3, -0.25) is 9.59 Å². The highest BCUT2D eigenvalue weighted by Crippen LogP contribution is 2.43. The van der Waals surface area contributed by atoms with Gasteiger partial charge >= 0.3 is 0 Å². The summed E-state index contributed by atoms with van der Waals surface area (Å²) in [7, 11) is 0. The van der Waals surface area contributed by atoms with Crippen molar-refractivity contribution in [2.45, 2.75) is 64.0 Å². The molecule has 0 radical (unpaired) electrons. The lowest BCUT2D eigenvalue weighted by Crippen LogP contribution is -2.37. The van der Waals surface area contributed by atoms with Crippen molar-refractivity contribution in [3.8, 4) is 5.75 Å². The molecule has 1 aliphatic carbocycles. The molecule has 1 aromatic carbocycles. The van der Waals surface area contributed by atoms with E-state index < -0.39 is 17.7 Å². The molecule has 6 heteroatoms. The summed E-state index contributed by atoms with van der Waals surface area (Å²) < 4.78 is 11.3. The number of carbonyl (C=O) groups is 2. The van der Waals surface area contributed by atoms with Crippen molar-refractivity contribution >= 4 is 17.4 Å². The third kappa shape index (κ3) is 4.24. The highest BCUT2D eigenvalue weighted by atomic mass is 16.5. The van der Waals surface area contributed by atoms with E-state index in [9.17, 15) is 14.7 Å². The number of Topliss-reactive ketones (excluding diaryl/α,β-unsaturated/α-hetero) is 1. The number of unbranched alkanes of at least 4 members (excludes halogenated alkanes) is 2. The lowest BCUT2D eigenvalue weighted by Gasteiger charge is -2.29.